The molecule has 4 nitrogen and oxygen atoms in total. The van der Waals surface area contributed by atoms with E-state index in [0.717, 1.165) is 43.9 Å². The van der Waals surface area contributed by atoms with E-state index in [0.29, 0.717) is 13.2 Å². The van der Waals surface area contributed by atoms with E-state index >= 15 is 0 Å². The largest absolute Gasteiger partial charge is 0.462 e. The highest BCUT2D eigenvalue weighted by molar-refractivity contribution is 9.09. The van der Waals surface area contributed by atoms with Gasteiger partial charge in [0.25, 0.3) is 0 Å². The molecule has 1 aromatic rings. The zero-order chi connectivity index (χ0) is 18.3. The van der Waals surface area contributed by atoms with Crippen LogP contribution in [-0.4, -0.2) is 30.5 Å². The van der Waals surface area contributed by atoms with Gasteiger partial charge in [0.2, 0.25) is 0 Å². The van der Waals surface area contributed by atoms with E-state index in [1.165, 1.54) is 12.8 Å². The Morgan fingerprint density at radius 1 is 0.800 bits per heavy atom. The van der Waals surface area contributed by atoms with Crippen LogP contribution in [0.3, 0.4) is 0 Å². The first-order valence-electron chi connectivity index (χ1n) is 9.20. The second-order valence-electron chi connectivity index (χ2n) is 5.98. The van der Waals surface area contributed by atoms with Crippen LogP contribution in [0.4, 0.5) is 0 Å². The Hall–Kier alpha value is -1.36. The second kappa shape index (κ2) is 13.9. The first kappa shape index (κ1) is 21.7. The monoisotopic (exact) mass is 412 g/mol. The predicted octanol–water partition coefficient (Wildman–Crippen LogP) is 5.54. The smallest absolute Gasteiger partial charge is 0.339 e. The highest BCUT2D eigenvalue weighted by atomic mass is 79.9. The van der Waals surface area contributed by atoms with Crippen molar-refractivity contribution in [3.63, 3.8) is 0 Å². The summed E-state index contributed by atoms with van der Waals surface area (Å²) in [5, 5.41) is 1.04. The highest BCUT2D eigenvalue weighted by Crippen LogP contribution is 2.13. The number of carbonyl (C=O) groups is 2. The fraction of sp³-hybridized carbons (Fsp3) is 0.600. The fourth-order valence-electron chi connectivity index (χ4n) is 2.40. The van der Waals surface area contributed by atoms with Crippen LogP contribution in [0.2, 0.25) is 0 Å². The summed E-state index contributed by atoms with van der Waals surface area (Å²) in [6, 6.07) is 6.67. The van der Waals surface area contributed by atoms with Crippen LogP contribution in [-0.2, 0) is 9.47 Å². The minimum Gasteiger partial charge on any atom is -0.462 e. The zero-order valence-corrected chi connectivity index (χ0v) is 16.7. The van der Waals surface area contributed by atoms with Gasteiger partial charge in [-0.3, -0.25) is 0 Å². The van der Waals surface area contributed by atoms with E-state index in [1.54, 1.807) is 24.3 Å². The number of hydrogen-bond donors (Lipinski definition) is 0. The topological polar surface area (TPSA) is 52.6 Å². The van der Waals surface area contributed by atoms with Gasteiger partial charge in [0, 0.05) is 5.33 Å². The number of alkyl halides is 1. The van der Waals surface area contributed by atoms with E-state index in [2.05, 4.69) is 22.9 Å². The maximum Gasteiger partial charge on any atom is 0.339 e. The van der Waals surface area contributed by atoms with Gasteiger partial charge in [0.05, 0.1) is 24.3 Å². The van der Waals surface area contributed by atoms with Crippen molar-refractivity contribution in [2.24, 2.45) is 0 Å². The molecule has 1 aromatic carbocycles. The van der Waals surface area contributed by atoms with Crippen molar-refractivity contribution in [2.75, 3.05) is 18.5 Å². The molecule has 0 heterocycles. The number of carbonyl (C=O) groups excluding carboxylic acids is 2. The molecule has 140 valence electrons. The van der Waals surface area contributed by atoms with Gasteiger partial charge in [-0.05, 0) is 31.4 Å². The molecular weight excluding hydrogens is 384 g/mol. The molecule has 0 aliphatic heterocycles. The summed E-state index contributed by atoms with van der Waals surface area (Å²) in [4.78, 5) is 24.4. The van der Waals surface area contributed by atoms with Crippen LogP contribution in [0.1, 0.15) is 79.0 Å². The Balaban J connectivity index is 2.43. The highest BCUT2D eigenvalue weighted by Gasteiger charge is 2.18. The van der Waals surface area contributed by atoms with Gasteiger partial charge in [-0.25, -0.2) is 9.59 Å². The lowest BCUT2D eigenvalue weighted by Crippen LogP contribution is -2.15. The van der Waals surface area contributed by atoms with Crippen LogP contribution in [0.5, 0.6) is 0 Å². The molecule has 0 saturated carbocycles. The van der Waals surface area contributed by atoms with Crippen molar-refractivity contribution in [1.29, 1.82) is 0 Å². The van der Waals surface area contributed by atoms with Gasteiger partial charge in [-0.2, -0.15) is 0 Å². The normalized spacial score (nSPS) is 10.5. The molecule has 0 N–H and O–H groups in total. The summed E-state index contributed by atoms with van der Waals surface area (Å²) < 4.78 is 10.6. The lowest BCUT2D eigenvalue weighted by Gasteiger charge is -2.10. The first-order valence-corrected chi connectivity index (χ1v) is 10.3. The Morgan fingerprint density at radius 3 is 1.80 bits per heavy atom. The van der Waals surface area contributed by atoms with Gasteiger partial charge >= 0.3 is 11.9 Å². The van der Waals surface area contributed by atoms with E-state index in [4.69, 9.17) is 9.47 Å². The van der Waals surface area contributed by atoms with Crippen molar-refractivity contribution < 1.29 is 19.1 Å². The average Bonchev–Trinajstić information content (AvgIpc) is 2.64. The van der Waals surface area contributed by atoms with Crippen molar-refractivity contribution in [2.45, 2.75) is 58.3 Å². The first-order chi connectivity index (χ1) is 12.2. The maximum atomic E-state index is 12.2. The minimum absolute atomic E-state index is 0.279. The molecule has 1 rings (SSSR count). The van der Waals surface area contributed by atoms with Crippen LogP contribution in [0.15, 0.2) is 24.3 Å². The predicted molar refractivity (Wildman–Crippen MR) is 103 cm³/mol. The van der Waals surface area contributed by atoms with Crippen LogP contribution < -0.4 is 0 Å². The van der Waals surface area contributed by atoms with Crippen molar-refractivity contribution in [3.05, 3.63) is 35.4 Å². The minimum atomic E-state index is -0.460. The summed E-state index contributed by atoms with van der Waals surface area (Å²) in [5.41, 5.74) is 0.559. The number of hydrogen-bond acceptors (Lipinski definition) is 4. The van der Waals surface area contributed by atoms with Crippen LogP contribution in [0, 0.1) is 0 Å². The van der Waals surface area contributed by atoms with E-state index in [1.807, 2.05) is 0 Å². The van der Waals surface area contributed by atoms with Crippen molar-refractivity contribution in [1.82, 2.24) is 0 Å². The Bertz CT molecular complexity index is 516. The molecule has 0 fully saturated rings. The quantitative estimate of drug-likeness (QED) is 0.242. The van der Waals surface area contributed by atoms with E-state index in [-0.39, 0.29) is 11.1 Å². The van der Waals surface area contributed by atoms with E-state index in [9.17, 15) is 9.59 Å². The second-order valence-corrected chi connectivity index (χ2v) is 6.77. The number of rotatable bonds is 13. The summed E-state index contributed by atoms with van der Waals surface area (Å²) in [5.74, 6) is -0.917. The SMILES string of the molecule is CCCCCOC(=O)c1ccccc1C(=O)OCCCCCCCBr. The molecule has 5 heteroatoms. The Kier molecular flexibility index (Phi) is 12.0. The van der Waals surface area contributed by atoms with E-state index < -0.39 is 11.9 Å². The molecule has 0 amide bonds. The summed E-state index contributed by atoms with van der Waals surface area (Å²) in [7, 11) is 0. The molecule has 0 aromatic heterocycles. The van der Waals surface area contributed by atoms with Crippen molar-refractivity contribution in [3.8, 4) is 0 Å². The third-order valence-corrected chi connectivity index (χ3v) is 4.42. The third kappa shape index (κ3) is 9.05. The molecule has 0 saturated heterocycles. The summed E-state index contributed by atoms with van der Waals surface area (Å²) in [6.45, 7) is 2.85. The molecule has 0 aliphatic carbocycles. The van der Waals surface area contributed by atoms with Gasteiger partial charge < -0.3 is 9.47 Å². The molecule has 0 aliphatic rings. The standard InChI is InChI=1S/C20H29BrO4/c1-2-3-10-15-24-19(22)17-12-7-8-13-18(17)20(23)25-16-11-6-4-5-9-14-21/h7-8,12-13H,2-6,9-11,14-16H2,1H3. The number of benzene rings is 1. The Labute approximate surface area is 159 Å². The van der Waals surface area contributed by atoms with Crippen LogP contribution >= 0.6 is 15.9 Å². The summed E-state index contributed by atoms with van der Waals surface area (Å²) >= 11 is 3.41. The number of unbranched alkanes of at least 4 members (excludes halogenated alkanes) is 6. The van der Waals surface area contributed by atoms with Gasteiger partial charge in [-0.1, -0.05) is 67.1 Å². The molecule has 25 heavy (non-hydrogen) atoms. The van der Waals surface area contributed by atoms with Gasteiger partial charge in [0.1, 0.15) is 0 Å². The lowest BCUT2D eigenvalue weighted by atomic mass is 10.1. The Morgan fingerprint density at radius 2 is 1.28 bits per heavy atom. The van der Waals surface area contributed by atoms with Gasteiger partial charge in [-0.15, -0.1) is 0 Å². The third-order valence-electron chi connectivity index (χ3n) is 3.86. The van der Waals surface area contributed by atoms with Gasteiger partial charge in [0.15, 0.2) is 0 Å². The molecule has 0 unspecified atom stereocenters. The molecule has 0 spiro atoms. The molecule has 0 bridgehead atoms. The molecule has 0 radical (unpaired) electrons. The number of halogens is 1. The number of ether oxygens (including phenoxy) is 2. The van der Waals surface area contributed by atoms with Crippen molar-refractivity contribution >= 4 is 27.9 Å². The zero-order valence-electron chi connectivity index (χ0n) is 15.1. The molecule has 0 atom stereocenters. The average molecular weight is 413 g/mol. The number of esters is 2. The molecular formula is C20H29BrO4. The fourth-order valence-corrected chi connectivity index (χ4v) is 2.80. The van der Waals surface area contributed by atoms with Crippen LogP contribution in [0.25, 0.3) is 0 Å². The summed E-state index contributed by atoms with van der Waals surface area (Å²) in [6.07, 6.45) is 8.31. The lowest BCUT2D eigenvalue weighted by molar-refractivity contribution is 0.0450. The maximum absolute atomic E-state index is 12.2.